The van der Waals surface area contributed by atoms with Gasteiger partial charge < -0.3 is 15.5 Å². The lowest BCUT2D eigenvalue weighted by atomic mass is 9.77. The Labute approximate surface area is 141 Å². The van der Waals surface area contributed by atoms with Crippen LogP contribution in [0.2, 0.25) is 0 Å². The van der Waals surface area contributed by atoms with E-state index in [4.69, 9.17) is 0 Å². The van der Waals surface area contributed by atoms with Crippen molar-refractivity contribution in [2.75, 3.05) is 5.32 Å². The molecule has 1 fully saturated rings. The zero-order valence-corrected chi connectivity index (χ0v) is 13.6. The first-order valence-electron chi connectivity index (χ1n) is 7.65. The number of aryl methyl sites for hydroxylation is 1. The van der Waals surface area contributed by atoms with Crippen LogP contribution in [0.5, 0.6) is 5.75 Å². The second-order valence-corrected chi connectivity index (χ2v) is 6.60. The molecule has 1 heterocycles. The minimum Gasteiger partial charge on any atom is -0.507 e. The van der Waals surface area contributed by atoms with Crippen molar-refractivity contribution in [1.29, 1.82) is 0 Å². The first-order chi connectivity index (χ1) is 11.5. The maximum atomic E-state index is 12.8. The molecular formula is C16H17F3N4O2. The van der Waals surface area contributed by atoms with E-state index in [1.54, 1.807) is 6.92 Å². The number of nitrogens with zero attached hydrogens (tertiary/aromatic N) is 3. The molecular weight excluding hydrogens is 337 g/mol. The molecule has 1 aromatic heterocycles. The Morgan fingerprint density at radius 1 is 1.24 bits per heavy atom. The first kappa shape index (κ1) is 17.4. The zero-order valence-electron chi connectivity index (χ0n) is 13.6. The number of alkyl halides is 3. The highest BCUT2D eigenvalue weighted by molar-refractivity contribution is 5.70. The molecule has 9 heteroatoms. The molecule has 3 rings (SSSR count). The number of halogens is 3. The van der Waals surface area contributed by atoms with E-state index in [1.807, 2.05) is 0 Å². The Balaban J connectivity index is 1.81. The molecule has 1 aliphatic carbocycles. The molecule has 0 spiro atoms. The van der Waals surface area contributed by atoms with E-state index in [0.29, 0.717) is 18.9 Å². The van der Waals surface area contributed by atoms with Crippen LogP contribution in [0.3, 0.4) is 0 Å². The number of phenolic OH excluding ortho intramolecular Hbond substituents is 1. The minimum atomic E-state index is -4.54. The minimum absolute atomic E-state index is 0.0452. The molecule has 0 aliphatic heterocycles. The van der Waals surface area contributed by atoms with Gasteiger partial charge in [-0.2, -0.15) is 13.2 Å². The van der Waals surface area contributed by atoms with Crippen molar-refractivity contribution in [3.8, 4) is 17.0 Å². The van der Waals surface area contributed by atoms with Gasteiger partial charge in [0.05, 0.1) is 17.4 Å². The fourth-order valence-electron chi connectivity index (χ4n) is 3.01. The van der Waals surface area contributed by atoms with Gasteiger partial charge in [0.1, 0.15) is 11.4 Å². The highest BCUT2D eigenvalue weighted by Gasteiger charge is 2.38. The van der Waals surface area contributed by atoms with Gasteiger partial charge in [-0.1, -0.05) is 0 Å². The summed E-state index contributed by atoms with van der Waals surface area (Å²) in [4.78, 5) is 4.08. The van der Waals surface area contributed by atoms with E-state index >= 15 is 0 Å². The third-order valence-electron chi connectivity index (χ3n) is 4.17. The van der Waals surface area contributed by atoms with E-state index in [2.05, 4.69) is 20.5 Å². The zero-order chi connectivity index (χ0) is 18.4. The lowest BCUT2D eigenvalue weighted by Crippen LogP contribution is -2.48. The molecule has 134 valence electrons. The van der Waals surface area contributed by atoms with Gasteiger partial charge in [0.15, 0.2) is 0 Å². The van der Waals surface area contributed by atoms with Gasteiger partial charge in [-0.3, -0.25) is 0 Å². The number of benzene rings is 1. The monoisotopic (exact) mass is 354 g/mol. The first-order valence-corrected chi connectivity index (χ1v) is 7.65. The normalized spacial score (nSPS) is 23.2. The Kier molecular flexibility index (Phi) is 4.06. The van der Waals surface area contributed by atoms with Crippen LogP contribution in [-0.2, 0) is 6.18 Å². The summed E-state index contributed by atoms with van der Waals surface area (Å²) in [6.45, 7) is 3.19. The summed E-state index contributed by atoms with van der Waals surface area (Å²) in [5.41, 5.74) is -1.06. The number of rotatable bonds is 3. The van der Waals surface area contributed by atoms with Gasteiger partial charge in [-0.15, -0.1) is 10.2 Å². The lowest BCUT2D eigenvalue weighted by Gasteiger charge is -2.41. The number of aromatic hydroxyl groups is 1. The molecule has 0 saturated heterocycles. The molecule has 0 atom stereocenters. The van der Waals surface area contributed by atoms with Gasteiger partial charge in [0.25, 0.3) is 0 Å². The highest BCUT2D eigenvalue weighted by Crippen LogP contribution is 2.38. The predicted octanol–water partition coefficient (Wildman–Crippen LogP) is 2.90. The summed E-state index contributed by atoms with van der Waals surface area (Å²) in [7, 11) is 0. The van der Waals surface area contributed by atoms with E-state index in [0.717, 1.165) is 6.07 Å². The Morgan fingerprint density at radius 3 is 2.40 bits per heavy atom. The van der Waals surface area contributed by atoms with Crippen LogP contribution in [-0.4, -0.2) is 37.0 Å². The van der Waals surface area contributed by atoms with Gasteiger partial charge in [0.2, 0.25) is 5.95 Å². The summed E-state index contributed by atoms with van der Waals surface area (Å²) >= 11 is 0. The highest BCUT2D eigenvalue weighted by atomic mass is 19.4. The average Bonchev–Trinajstić information content (AvgIpc) is 2.45. The van der Waals surface area contributed by atoms with E-state index in [-0.39, 0.29) is 28.8 Å². The van der Waals surface area contributed by atoms with Crippen LogP contribution >= 0.6 is 0 Å². The summed E-state index contributed by atoms with van der Waals surface area (Å²) in [5, 5.41) is 30.5. The van der Waals surface area contributed by atoms with E-state index < -0.39 is 23.1 Å². The van der Waals surface area contributed by atoms with Crippen LogP contribution in [0.1, 0.15) is 30.9 Å². The van der Waals surface area contributed by atoms with Crippen molar-refractivity contribution < 1.29 is 23.4 Å². The topological polar surface area (TPSA) is 91.2 Å². The summed E-state index contributed by atoms with van der Waals surface area (Å²) < 4.78 is 38.3. The third-order valence-corrected chi connectivity index (χ3v) is 4.17. The van der Waals surface area contributed by atoms with Crippen molar-refractivity contribution in [3.63, 3.8) is 0 Å². The van der Waals surface area contributed by atoms with Crippen LogP contribution in [0.4, 0.5) is 19.1 Å². The molecule has 0 unspecified atom stereocenters. The number of aliphatic hydroxyl groups is 1. The predicted molar refractivity (Wildman–Crippen MR) is 83.9 cm³/mol. The maximum absolute atomic E-state index is 12.8. The number of hydrogen-bond donors (Lipinski definition) is 3. The fraction of sp³-hybridized carbons (Fsp3) is 0.438. The fourth-order valence-corrected chi connectivity index (χ4v) is 3.01. The van der Waals surface area contributed by atoms with Crippen LogP contribution in [0.25, 0.3) is 11.3 Å². The smallest absolute Gasteiger partial charge is 0.416 e. The second-order valence-electron chi connectivity index (χ2n) is 6.60. The van der Waals surface area contributed by atoms with Crippen LogP contribution in [0, 0.1) is 6.92 Å². The number of anilines is 1. The van der Waals surface area contributed by atoms with Crippen molar-refractivity contribution in [3.05, 3.63) is 29.5 Å². The standard InChI is InChI=1S/C16H17F3N4O2/c1-8-3-9(16(17,18)19)4-12(24)13(8)11-7-20-14(23-22-11)21-10-5-15(2,25)6-10/h3-4,7,10,24-25H,5-6H2,1-2H3,(H,20,21,23)/t10-,15+. The number of phenols is 1. The summed E-state index contributed by atoms with van der Waals surface area (Å²) in [6.07, 6.45) is -2.07. The Hall–Kier alpha value is -2.42. The molecule has 25 heavy (non-hydrogen) atoms. The molecule has 1 aliphatic rings. The molecule has 1 saturated carbocycles. The largest absolute Gasteiger partial charge is 0.507 e. The van der Waals surface area contributed by atoms with Gasteiger partial charge in [-0.05, 0) is 44.4 Å². The van der Waals surface area contributed by atoms with Crippen molar-refractivity contribution >= 4 is 5.95 Å². The van der Waals surface area contributed by atoms with Crippen LogP contribution < -0.4 is 5.32 Å². The summed E-state index contributed by atoms with van der Waals surface area (Å²) in [5.74, 6) is -0.271. The van der Waals surface area contributed by atoms with Crippen molar-refractivity contribution in [1.82, 2.24) is 15.2 Å². The Morgan fingerprint density at radius 2 is 1.92 bits per heavy atom. The SMILES string of the molecule is Cc1cc(C(F)(F)F)cc(O)c1-c1cnc(N[C@H]2C[C@@](C)(O)C2)nn1. The van der Waals surface area contributed by atoms with Crippen molar-refractivity contribution in [2.24, 2.45) is 0 Å². The molecule has 0 radical (unpaired) electrons. The Bertz CT molecular complexity index is 760. The maximum Gasteiger partial charge on any atom is 0.416 e. The summed E-state index contributed by atoms with van der Waals surface area (Å²) in [6, 6.07) is 1.65. The molecule has 3 N–H and O–H groups in total. The number of nitrogens with one attached hydrogen (secondary N) is 1. The lowest BCUT2D eigenvalue weighted by molar-refractivity contribution is -0.137. The molecule has 2 aromatic rings. The van der Waals surface area contributed by atoms with E-state index in [1.165, 1.54) is 13.1 Å². The average molecular weight is 354 g/mol. The van der Waals surface area contributed by atoms with Crippen LogP contribution in [0.15, 0.2) is 18.3 Å². The van der Waals surface area contributed by atoms with E-state index in [9.17, 15) is 23.4 Å². The van der Waals surface area contributed by atoms with Gasteiger partial charge in [0, 0.05) is 11.6 Å². The second kappa shape index (κ2) is 5.83. The molecule has 1 aromatic carbocycles. The van der Waals surface area contributed by atoms with Crippen molar-refractivity contribution in [2.45, 2.75) is 44.5 Å². The number of aromatic nitrogens is 3. The van der Waals surface area contributed by atoms with Gasteiger partial charge in [-0.25, -0.2) is 4.98 Å². The molecule has 0 amide bonds. The van der Waals surface area contributed by atoms with Gasteiger partial charge >= 0.3 is 6.18 Å². The molecule has 0 bridgehead atoms. The molecule has 6 nitrogen and oxygen atoms in total. The number of hydrogen-bond acceptors (Lipinski definition) is 6. The third kappa shape index (κ3) is 3.65. The quantitative estimate of drug-likeness (QED) is 0.785.